The minimum absolute atomic E-state index is 0.274. The van der Waals surface area contributed by atoms with Crippen molar-refractivity contribution in [3.63, 3.8) is 0 Å². The summed E-state index contributed by atoms with van der Waals surface area (Å²) in [5, 5.41) is 1.97. The molecule has 0 bridgehead atoms. The van der Waals surface area contributed by atoms with E-state index in [1.807, 2.05) is 48.7 Å². The standard InChI is InChI=1S/C14H10O2S2/c1-9-4-5-11(18-9)7-10-8-12(16-14(10)15)13-3-2-6-17-13/h2-8H,1H3/b10-7+. The topological polar surface area (TPSA) is 26.3 Å². The third-order valence-corrected chi connectivity index (χ3v) is 4.38. The fourth-order valence-corrected chi connectivity index (χ4v) is 3.22. The first-order chi connectivity index (χ1) is 8.72. The molecule has 0 atom stereocenters. The van der Waals surface area contributed by atoms with Crippen LogP contribution in [0.1, 0.15) is 14.6 Å². The fraction of sp³-hybridized carbons (Fsp3) is 0.0714. The molecule has 0 saturated heterocycles. The second kappa shape index (κ2) is 4.55. The summed E-state index contributed by atoms with van der Waals surface area (Å²) >= 11 is 3.23. The third-order valence-electron chi connectivity index (χ3n) is 2.55. The average Bonchev–Trinajstić information content (AvgIpc) is 3.02. The highest BCUT2D eigenvalue weighted by Crippen LogP contribution is 2.30. The van der Waals surface area contributed by atoms with Crippen LogP contribution in [0.15, 0.2) is 41.3 Å². The van der Waals surface area contributed by atoms with E-state index in [1.54, 1.807) is 22.7 Å². The zero-order valence-electron chi connectivity index (χ0n) is 9.67. The Hall–Kier alpha value is -1.65. The summed E-state index contributed by atoms with van der Waals surface area (Å²) in [6.45, 7) is 2.05. The maximum Gasteiger partial charge on any atom is 0.343 e. The predicted molar refractivity (Wildman–Crippen MR) is 75.4 cm³/mol. The molecule has 0 unspecified atom stereocenters. The van der Waals surface area contributed by atoms with Gasteiger partial charge in [-0.1, -0.05) is 6.07 Å². The normalized spacial score (nSPS) is 17.1. The molecule has 2 aromatic heterocycles. The number of carbonyl (C=O) groups excluding carboxylic acids is 1. The van der Waals surface area contributed by atoms with Crippen LogP contribution in [-0.4, -0.2) is 5.97 Å². The molecule has 18 heavy (non-hydrogen) atoms. The molecule has 3 heterocycles. The van der Waals surface area contributed by atoms with Crippen LogP contribution in [0.3, 0.4) is 0 Å². The van der Waals surface area contributed by atoms with E-state index >= 15 is 0 Å². The third kappa shape index (κ3) is 2.17. The van der Waals surface area contributed by atoms with Crippen LogP contribution in [0.25, 0.3) is 11.8 Å². The van der Waals surface area contributed by atoms with Crippen LogP contribution >= 0.6 is 22.7 Å². The number of hydrogen-bond donors (Lipinski definition) is 0. The van der Waals surface area contributed by atoms with Crippen molar-refractivity contribution in [2.24, 2.45) is 0 Å². The van der Waals surface area contributed by atoms with Gasteiger partial charge in [-0.2, -0.15) is 0 Å². The van der Waals surface area contributed by atoms with E-state index in [0.717, 1.165) is 9.75 Å². The number of ether oxygens (including phenoxy) is 1. The highest BCUT2D eigenvalue weighted by atomic mass is 32.1. The molecule has 0 aromatic carbocycles. The van der Waals surface area contributed by atoms with Crippen molar-refractivity contribution in [3.8, 4) is 0 Å². The Morgan fingerprint density at radius 1 is 1.28 bits per heavy atom. The van der Waals surface area contributed by atoms with Gasteiger partial charge in [0.25, 0.3) is 0 Å². The molecule has 1 aliphatic heterocycles. The average molecular weight is 274 g/mol. The smallest absolute Gasteiger partial charge is 0.343 e. The molecule has 0 N–H and O–H groups in total. The Morgan fingerprint density at radius 2 is 2.17 bits per heavy atom. The van der Waals surface area contributed by atoms with Crippen LogP contribution in [0.5, 0.6) is 0 Å². The Morgan fingerprint density at radius 3 is 2.83 bits per heavy atom. The molecule has 2 nitrogen and oxygen atoms in total. The SMILES string of the molecule is Cc1ccc(/C=C2\C=C(c3cccs3)OC2=O)s1. The number of hydrogen-bond acceptors (Lipinski definition) is 4. The number of esters is 1. The minimum atomic E-state index is -0.274. The number of cyclic esters (lactones) is 1. The molecule has 2 aromatic rings. The Balaban J connectivity index is 1.94. The van der Waals surface area contributed by atoms with Crippen molar-refractivity contribution < 1.29 is 9.53 Å². The van der Waals surface area contributed by atoms with E-state index in [2.05, 4.69) is 0 Å². The van der Waals surface area contributed by atoms with Gasteiger partial charge in [-0.3, -0.25) is 0 Å². The van der Waals surface area contributed by atoms with Crippen LogP contribution in [0.2, 0.25) is 0 Å². The highest BCUT2D eigenvalue weighted by Gasteiger charge is 2.22. The first kappa shape index (κ1) is 11.4. The van der Waals surface area contributed by atoms with Crippen molar-refractivity contribution in [2.45, 2.75) is 6.92 Å². The van der Waals surface area contributed by atoms with Gasteiger partial charge in [0.15, 0.2) is 0 Å². The van der Waals surface area contributed by atoms with Crippen molar-refractivity contribution in [1.29, 1.82) is 0 Å². The van der Waals surface area contributed by atoms with Crippen LogP contribution < -0.4 is 0 Å². The van der Waals surface area contributed by atoms with Crippen molar-refractivity contribution >= 4 is 40.5 Å². The molecular weight excluding hydrogens is 264 g/mol. The van der Waals surface area contributed by atoms with Crippen molar-refractivity contribution in [3.05, 3.63) is 55.9 Å². The number of thiophene rings is 2. The minimum Gasteiger partial charge on any atom is -0.421 e. The largest absolute Gasteiger partial charge is 0.421 e. The van der Waals surface area contributed by atoms with E-state index in [4.69, 9.17) is 4.74 Å². The lowest BCUT2D eigenvalue weighted by atomic mass is 10.2. The zero-order valence-corrected chi connectivity index (χ0v) is 11.3. The molecule has 0 amide bonds. The number of rotatable bonds is 2. The molecule has 90 valence electrons. The van der Waals surface area contributed by atoms with Gasteiger partial charge in [0.1, 0.15) is 5.76 Å². The first-order valence-corrected chi connectivity index (χ1v) is 7.18. The second-order valence-corrected chi connectivity index (χ2v) is 6.19. The highest BCUT2D eigenvalue weighted by molar-refractivity contribution is 7.12. The summed E-state index contributed by atoms with van der Waals surface area (Å²) in [5.41, 5.74) is 0.611. The van der Waals surface area contributed by atoms with Crippen molar-refractivity contribution in [1.82, 2.24) is 0 Å². The maximum absolute atomic E-state index is 11.8. The van der Waals surface area contributed by atoms with E-state index in [-0.39, 0.29) is 5.97 Å². The lowest BCUT2D eigenvalue weighted by Crippen LogP contribution is -1.96. The summed E-state index contributed by atoms with van der Waals surface area (Å²) in [6, 6.07) is 7.94. The Bertz CT molecular complexity index is 645. The van der Waals surface area contributed by atoms with Gasteiger partial charge in [0.05, 0.1) is 10.5 Å². The first-order valence-electron chi connectivity index (χ1n) is 5.48. The quantitative estimate of drug-likeness (QED) is 0.609. The molecule has 1 aliphatic rings. The second-order valence-electron chi connectivity index (χ2n) is 3.92. The fourth-order valence-electron chi connectivity index (χ4n) is 1.71. The van der Waals surface area contributed by atoms with Gasteiger partial charge in [-0.25, -0.2) is 4.79 Å². The maximum atomic E-state index is 11.8. The van der Waals surface area contributed by atoms with Gasteiger partial charge in [-0.15, -0.1) is 22.7 Å². The van der Waals surface area contributed by atoms with Gasteiger partial charge in [-0.05, 0) is 42.7 Å². The van der Waals surface area contributed by atoms with E-state index in [9.17, 15) is 4.79 Å². The van der Waals surface area contributed by atoms with E-state index in [0.29, 0.717) is 11.3 Å². The van der Waals surface area contributed by atoms with Crippen LogP contribution in [-0.2, 0) is 9.53 Å². The van der Waals surface area contributed by atoms with Crippen molar-refractivity contribution in [2.75, 3.05) is 0 Å². The van der Waals surface area contributed by atoms with Gasteiger partial charge < -0.3 is 4.74 Å². The molecule has 0 fully saturated rings. The van der Waals surface area contributed by atoms with Crippen LogP contribution in [0.4, 0.5) is 0 Å². The number of aryl methyl sites for hydroxylation is 1. The molecule has 0 radical (unpaired) electrons. The van der Waals surface area contributed by atoms with E-state index in [1.165, 1.54) is 4.88 Å². The van der Waals surface area contributed by atoms with Gasteiger partial charge in [0, 0.05) is 9.75 Å². The zero-order chi connectivity index (χ0) is 12.5. The summed E-state index contributed by atoms with van der Waals surface area (Å²) < 4.78 is 5.27. The Labute approximate surface area is 113 Å². The lowest BCUT2D eigenvalue weighted by molar-refractivity contribution is -0.130. The summed E-state index contributed by atoms with van der Waals surface area (Å²) in [4.78, 5) is 15.0. The molecular formula is C14H10O2S2. The molecule has 3 rings (SSSR count). The van der Waals surface area contributed by atoms with Crippen LogP contribution in [0, 0.1) is 6.92 Å². The summed E-state index contributed by atoms with van der Waals surface area (Å²) in [5.74, 6) is 0.374. The summed E-state index contributed by atoms with van der Waals surface area (Å²) in [6.07, 6.45) is 3.68. The molecule has 0 aliphatic carbocycles. The van der Waals surface area contributed by atoms with Gasteiger partial charge in [0.2, 0.25) is 0 Å². The van der Waals surface area contributed by atoms with Gasteiger partial charge >= 0.3 is 5.97 Å². The molecule has 4 heteroatoms. The number of carbonyl (C=O) groups is 1. The summed E-state index contributed by atoms with van der Waals surface area (Å²) in [7, 11) is 0. The lowest BCUT2D eigenvalue weighted by Gasteiger charge is -1.95. The monoisotopic (exact) mass is 274 g/mol. The molecule has 0 saturated carbocycles. The Kier molecular flexibility index (Phi) is 2.89. The molecule has 0 spiro atoms. The predicted octanol–water partition coefficient (Wildman–Crippen LogP) is 4.10. The van der Waals surface area contributed by atoms with E-state index < -0.39 is 0 Å².